The van der Waals surface area contributed by atoms with Crippen LogP contribution in [0.25, 0.3) is 0 Å². The summed E-state index contributed by atoms with van der Waals surface area (Å²) in [6.07, 6.45) is 1.87. The van der Waals surface area contributed by atoms with Crippen LogP contribution in [0, 0.1) is 20.6 Å². The van der Waals surface area contributed by atoms with Crippen molar-refractivity contribution in [3.63, 3.8) is 0 Å². The first-order chi connectivity index (χ1) is 8.47. The Morgan fingerprint density at radius 1 is 1.44 bits per heavy atom. The van der Waals surface area contributed by atoms with E-state index in [1.165, 1.54) is 12.1 Å². The van der Waals surface area contributed by atoms with E-state index < -0.39 is 4.92 Å². The van der Waals surface area contributed by atoms with Crippen molar-refractivity contribution in [2.45, 2.75) is 6.92 Å². The number of aryl methyl sites for hydroxylation is 2. The van der Waals surface area contributed by atoms with E-state index in [0.29, 0.717) is 0 Å². The molecule has 0 fully saturated rings. The highest BCUT2D eigenvalue weighted by atomic mass is 127. The van der Waals surface area contributed by atoms with Gasteiger partial charge in [-0.25, -0.2) is 0 Å². The molecule has 0 radical (unpaired) electrons. The van der Waals surface area contributed by atoms with Crippen molar-refractivity contribution in [3.05, 3.63) is 43.8 Å². The van der Waals surface area contributed by atoms with Crippen LogP contribution >= 0.6 is 22.6 Å². The number of hydrogen-bond acceptors (Lipinski definition) is 4. The van der Waals surface area contributed by atoms with Gasteiger partial charge in [0.15, 0.2) is 0 Å². The molecule has 0 bridgehead atoms. The van der Waals surface area contributed by atoms with Gasteiger partial charge in [0.1, 0.15) is 0 Å². The van der Waals surface area contributed by atoms with Crippen molar-refractivity contribution in [3.8, 4) is 0 Å². The molecule has 1 aromatic carbocycles. The van der Waals surface area contributed by atoms with Crippen LogP contribution in [-0.4, -0.2) is 14.7 Å². The highest BCUT2D eigenvalue weighted by molar-refractivity contribution is 14.1. The minimum Gasteiger partial charge on any atom is -0.352 e. The normalized spacial score (nSPS) is 10.4. The van der Waals surface area contributed by atoms with Gasteiger partial charge in [0, 0.05) is 28.9 Å². The summed E-state index contributed by atoms with van der Waals surface area (Å²) >= 11 is 2.07. The maximum Gasteiger partial charge on any atom is 0.270 e. The van der Waals surface area contributed by atoms with Gasteiger partial charge in [-0.05, 0) is 35.6 Å². The maximum atomic E-state index is 10.6. The number of aromatic nitrogens is 2. The summed E-state index contributed by atoms with van der Waals surface area (Å²) < 4.78 is 2.51. The van der Waals surface area contributed by atoms with Crippen molar-refractivity contribution < 1.29 is 4.92 Å². The van der Waals surface area contributed by atoms with E-state index in [-0.39, 0.29) is 5.69 Å². The number of non-ortho nitro benzene ring substituents is 1. The summed E-state index contributed by atoms with van der Waals surface area (Å²) in [6.45, 7) is 1.90. The van der Waals surface area contributed by atoms with Crippen molar-refractivity contribution in [2.75, 3.05) is 5.32 Å². The smallest absolute Gasteiger partial charge is 0.270 e. The van der Waals surface area contributed by atoms with Crippen LogP contribution in [0.4, 0.5) is 17.1 Å². The van der Waals surface area contributed by atoms with Gasteiger partial charge in [0.05, 0.1) is 22.0 Å². The van der Waals surface area contributed by atoms with Crippen LogP contribution < -0.4 is 5.32 Å². The predicted octanol–water partition coefficient (Wildman–Crippen LogP) is 2.98. The lowest BCUT2D eigenvalue weighted by atomic mass is 10.2. The second-order valence-electron chi connectivity index (χ2n) is 3.85. The lowest BCUT2D eigenvalue weighted by Gasteiger charge is -2.06. The molecule has 0 aliphatic heterocycles. The number of nitro groups is 1. The van der Waals surface area contributed by atoms with Gasteiger partial charge < -0.3 is 5.32 Å². The molecule has 0 amide bonds. The van der Waals surface area contributed by atoms with Crippen LogP contribution in [0.15, 0.2) is 24.4 Å². The molecule has 1 aromatic heterocycles. The number of hydrogen-bond donors (Lipinski definition) is 1. The van der Waals surface area contributed by atoms with Gasteiger partial charge in [0.25, 0.3) is 5.69 Å². The summed E-state index contributed by atoms with van der Waals surface area (Å²) in [7, 11) is 1.85. The number of nitrogens with one attached hydrogen (secondary N) is 1. The fraction of sp³-hybridized carbons (Fsp3) is 0.182. The largest absolute Gasteiger partial charge is 0.352 e. The molecular formula is C11H11IN4O2. The quantitative estimate of drug-likeness (QED) is 0.520. The molecule has 0 saturated carbocycles. The summed E-state index contributed by atoms with van der Waals surface area (Å²) in [5.74, 6) is 0. The van der Waals surface area contributed by atoms with Crippen LogP contribution in [0.5, 0.6) is 0 Å². The number of benzene rings is 1. The van der Waals surface area contributed by atoms with E-state index >= 15 is 0 Å². The maximum absolute atomic E-state index is 10.6. The molecule has 2 rings (SSSR count). The zero-order chi connectivity index (χ0) is 13.3. The van der Waals surface area contributed by atoms with E-state index in [9.17, 15) is 10.1 Å². The SMILES string of the molecule is Cc1nn(C)cc1Nc1ccc([N+](=O)[O-])cc1I. The molecule has 0 atom stereocenters. The van der Waals surface area contributed by atoms with Crippen molar-refractivity contribution in [1.29, 1.82) is 0 Å². The zero-order valence-corrected chi connectivity index (χ0v) is 12.0. The highest BCUT2D eigenvalue weighted by Gasteiger charge is 2.10. The molecule has 0 aliphatic carbocycles. The van der Waals surface area contributed by atoms with E-state index in [1.807, 2.05) is 20.2 Å². The van der Waals surface area contributed by atoms with E-state index in [0.717, 1.165) is 20.6 Å². The minimum atomic E-state index is -0.402. The van der Waals surface area contributed by atoms with Crippen LogP contribution in [0.3, 0.4) is 0 Å². The third-order valence-electron chi connectivity index (χ3n) is 2.45. The molecule has 1 N–H and O–H groups in total. The minimum absolute atomic E-state index is 0.0906. The molecule has 0 aliphatic rings. The third-order valence-corrected chi connectivity index (χ3v) is 3.34. The second kappa shape index (κ2) is 4.92. The first kappa shape index (κ1) is 12.8. The predicted molar refractivity (Wildman–Crippen MR) is 77.0 cm³/mol. The Bertz CT molecular complexity index is 609. The second-order valence-corrected chi connectivity index (χ2v) is 5.01. The van der Waals surface area contributed by atoms with E-state index in [4.69, 9.17) is 0 Å². The average Bonchev–Trinajstić information content (AvgIpc) is 2.60. The van der Waals surface area contributed by atoms with Crippen molar-refractivity contribution in [2.24, 2.45) is 7.05 Å². The molecule has 0 saturated heterocycles. The molecule has 0 unspecified atom stereocenters. The Morgan fingerprint density at radius 2 is 2.17 bits per heavy atom. The number of nitrogens with zero attached hydrogens (tertiary/aromatic N) is 3. The standard InChI is InChI=1S/C11H11IN4O2/c1-7-11(6-15(2)14-7)13-10-4-3-8(16(17)18)5-9(10)12/h3-6,13H,1-2H3. The van der Waals surface area contributed by atoms with Crippen LogP contribution in [0.2, 0.25) is 0 Å². The Hall–Kier alpha value is -1.64. The fourth-order valence-corrected chi connectivity index (χ4v) is 2.22. The topological polar surface area (TPSA) is 73.0 Å². The molecule has 18 heavy (non-hydrogen) atoms. The van der Waals surface area contributed by atoms with Crippen LogP contribution in [-0.2, 0) is 7.05 Å². The van der Waals surface area contributed by atoms with Crippen molar-refractivity contribution >= 4 is 39.7 Å². The first-order valence-corrected chi connectivity index (χ1v) is 6.26. The highest BCUT2D eigenvalue weighted by Crippen LogP contribution is 2.27. The molecule has 6 nitrogen and oxygen atoms in total. The van der Waals surface area contributed by atoms with Crippen molar-refractivity contribution in [1.82, 2.24) is 9.78 Å². The average molecular weight is 358 g/mol. The number of anilines is 2. The molecule has 94 valence electrons. The Balaban J connectivity index is 2.30. The Labute approximate surface area is 117 Å². The molecule has 2 aromatic rings. The Kier molecular flexibility index (Phi) is 3.50. The van der Waals surface area contributed by atoms with Gasteiger partial charge in [-0.2, -0.15) is 5.10 Å². The number of nitro benzene ring substituents is 1. The van der Waals surface area contributed by atoms with Gasteiger partial charge in [-0.3, -0.25) is 14.8 Å². The van der Waals surface area contributed by atoms with E-state index in [2.05, 4.69) is 33.0 Å². The summed E-state index contributed by atoms with van der Waals surface area (Å²) in [5.41, 5.74) is 2.70. The molecule has 7 heteroatoms. The summed E-state index contributed by atoms with van der Waals surface area (Å²) in [4.78, 5) is 10.2. The molecular weight excluding hydrogens is 347 g/mol. The third kappa shape index (κ3) is 2.61. The van der Waals surface area contributed by atoms with Gasteiger partial charge in [-0.1, -0.05) is 0 Å². The zero-order valence-electron chi connectivity index (χ0n) is 9.85. The summed E-state index contributed by atoms with van der Waals surface area (Å²) in [5, 5.41) is 18.1. The van der Waals surface area contributed by atoms with Crippen LogP contribution in [0.1, 0.15) is 5.69 Å². The lowest BCUT2D eigenvalue weighted by Crippen LogP contribution is -1.95. The Morgan fingerprint density at radius 3 is 2.67 bits per heavy atom. The first-order valence-electron chi connectivity index (χ1n) is 5.18. The molecule has 0 spiro atoms. The fourth-order valence-electron chi connectivity index (χ4n) is 1.59. The monoisotopic (exact) mass is 358 g/mol. The number of halogens is 1. The number of rotatable bonds is 3. The lowest BCUT2D eigenvalue weighted by molar-refractivity contribution is -0.384. The summed E-state index contributed by atoms with van der Waals surface area (Å²) in [6, 6.07) is 4.72. The van der Waals surface area contributed by atoms with Gasteiger partial charge in [-0.15, -0.1) is 0 Å². The van der Waals surface area contributed by atoms with Gasteiger partial charge in [0.2, 0.25) is 0 Å². The van der Waals surface area contributed by atoms with E-state index in [1.54, 1.807) is 10.7 Å². The van der Waals surface area contributed by atoms with Gasteiger partial charge >= 0.3 is 0 Å². The molecule has 1 heterocycles.